The molecule has 1 aromatic rings. The van der Waals surface area contributed by atoms with Gasteiger partial charge in [-0.3, -0.25) is 4.79 Å². The molecule has 0 spiro atoms. The first-order valence-electron chi connectivity index (χ1n) is 6.43. The van der Waals surface area contributed by atoms with Gasteiger partial charge in [-0.05, 0) is 12.1 Å². The van der Waals surface area contributed by atoms with Crippen LogP contribution >= 0.6 is 0 Å². The molecule has 0 saturated carbocycles. The summed E-state index contributed by atoms with van der Waals surface area (Å²) >= 11 is 0. The van der Waals surface area contributed by atoms with Gasteiger partial charge in [-0.2, -0.15) is 0 Å². The summed E-state index contributed by atoms with van der Waals surface area (Å²) in [7, 11) is 4.77. The average Bonchev–Trinajstić information content (AvgIpc) is 2.89. The van der Waals surface area contributed by atoms with E-state index in [0.29, 0.717) is 18.7 Å². The van der Waals surface area contributed by atoms with Gasteiger partial charge in [0.1, 0.15) is 18.0 Å². The third-order valence-electron chi connectivity index (χ3n) is 3.60. The van der Waals surface area contributed by atoms with Crippen LogP contribution < -0.4 is 5.32 Å². The minimum atomic E-state index is -0.441. The molecular weight excluding hydrogens is 263 g/mol. The minimum Gasteiger partial charge on any atom is -0.385 e. The third kappa shape index (κ3) is 2.62. The molecule has 5 nitrogen and oxygen atoms in total. The third-order valence-corrected chi connectivity index (χ3v) is 3.60. The monoisotopic (exact) mass is 282 g/mol. The highest BCUT2D eigenvalue weighted by Crippen LogP contribution is 2.24. The quantitative estimate of drug-likeness (QED) is 0.906. The van der Waals surface area contributed by atoms with Crippen LogP contribution in [-0.2, 0) is 9.47 Å². The number of methoxy groups -OCH3 is 2. The zero-order valence-corrected chi connectivity index (χ0v) is 11.9. The van der Waals surface area contributed by atoms with E-state index in [-0.39, 0.29) is 23.8 Å². The Morgan fingerprint density at radius 2 is 1.90 bits per heavy atom. The molecule has 1 aliphatic rings. The lowest BCUT2D eigenvalue weighted by atomic mass is 10.1. The van der Waals surface area contributed by atoms with E-state index in [9.17, 15) is 9.18 Å². The molecule has 1 aliphatic heterocycles. The average molecular weight is 282 g/mol. The SMILES string of the molecule is CNc1c(F)cccc1C(=O)N1CC(OC)C(OC)C1. The molecule has 0 radical (unpaired) electrons. The van der Waals surface area contributed by atoms with Gasteiger partial charge < -0.3 is 19.7 Å². The molecule has 6 heteroatoms. The number of carbonyl (C=O) groups is 1. The van der Waals surface area contributed by atoms with Gasteiger partial charge >= 0.3 is 0 Å². The van der Waals surface area contributed by atoms with E-state index in [4.69, 9.17) is 9.47 Å². The Labute approximate surface area is 117 Å². The number of hydrogen-bond acceptors (Lipinski definition) is 4. The van der Waals surface area contributed by atoms with Crippen LogP contribution in [0.5, 0.6) is 0 Å². The van der Waals surface area contributed by atoms with Crippen molar-refractivity contribution in [3.8, 4) is 0 Å². The maximum Gasteiger partial charge on any atom is 0.256 e. The van der Waals surface area contributed by atoms with Gasteiger partial charge in [0.25, 0.3) is 5.91 Å². The number of rotatable bonds is 4. The lowest BCUT2D eigenvalue weighted by Gasteiger charge is -2.18. The van der Waals surface area contributed by atoms with Crippen LogP contribution in [0.2, 0.25) is 0 Å². The number of nitrogens with zero attached hydrogens (tertiary/aromatic N) is 1. The normalized spacial score (nSPS) is 22.1. The number of nitrogens with one attached hydrogen (secondary N) is 1. The van der Waals surface area contributed by atoms with Gasteiger partial charge in [-0.25, -0.2) is 4.39 Å². The maximum atomic E-state index is 13.7. The highest BCUT2D eigenvalue weighted by atomic mass is 19.1. The summed E-state index contributed by atoms with van der Waals surface area (Å²) in [5.74, 6) is -0.667. The molecule has 2 atom stereocenters. The number of amides is 1. The largest absolute Gasteiger partial charge is 0.385 e. The van der Waals surface area contributed by atoms with Crippen molar-refractivity contribution in [3.63, 3.8) is 0 Å². The first kappa shape index (κ1) is 14.7. The highest BCUT2D eigenvalue weighted by Gasteiger charge is 2.36. The van der Waals surface area contributed by atoms with Crippen molar-refractivity contribution >= 4 is 11.6 Å². The Bertz CT molecular complexity index is 483. The van der Waals surface area contributed by atoms with Gasteiger partial charge in [-0.15, -0.1) is 0 Å². The summed E-state index contributed by atoms with van der Waals surface area (Å²) in [6, 6.07) is 4.46. The molecule has 110 valence electrons. The number of halogens is 1. The van der Waals surface area contributed by atoms with E-state index in [1.54, 1.807) is 32.2 Å². The molecule has 1 amide bonds. The summed E-state index contributed by atoms with van der Waals surface area (Å²) in [5.41, 5.74) is 0.534. The predicted octanol–water partition coefficient (Wildman–Crippen LogP) is 1.35. The molecule has 1 N–H and O–H groups in total. The van der Waals surface area contributed by atoms with Crippen LogP contribution in [0.15, 0.2) is 18.2 Å². The second-order valence-electron chi connectivity index (χ2n) is 4.67. The van der Waals surface area contributed by atoms with Gasteiger partial charge in [0.2, 0.25) is 0 Å². The smallest absolute Gasteiger partial charge is 0.256 e. The van der Waals surface area contributed by atoms with E-state index >= 15 is 0 Å². The second-order valence-corrected chi connectivity index (χ2v) is 4.67. The van der Waals surface area contributed by atoms with Crippen molar-refractivity contribution in [1.29, 1.82) is 0 Å². The summed E-state index contributed by atoms with van der Waals surface area (Å²) in [5, 5.41) is 2.73. The lowest BCUT2D eigenvalue weighted by molar-refractivity contribution is -0.00461. The Kier molecular flexibility index (Phi) is 4.57. The molecule has 20 heavy (non-hydrogen) atoms. The Balaban J connectivity index is 2.23. The van der Waals surface area contributed by atoms with Crippen molar-refractivity contribution < 1.29 is 18.7 Å². The van der Waals surface area contributed by atoms with Crippen molar-refractivity contribution in [2.45, 2.75) is 12.2 Å². The van der Waals surface area contributed by atoms with Crippen LogP contribution in [0.1, 0.15) is 10.4 Å². The number of benzene rings is 1. The van der Waals surface area contributed by atoms with E-state index in [1.165, 1.54) is 12.1 Å². The fourth-order valence-electron chi connectivity index (χ4n) is 2.49. The second kappa shape index (κ2) is 6.19. The zero-order valence-electron chi connectivity index (χ0n) is 11.9. The summed E-state index contributed by atoms with van der Waals surface area (Å²) < 4.78 is 24.3. The van der Waals surface area contributed by atoms with Crippen LogP contribution in [0.25, 0.3) is 0 Å². The molecule has 0 aromatic heterocycles. The number of anilines is 1. The molecule has 2 unspecified atom stereocenters. The molecule has 1 saturated heterocycles. The van der Waals surface area contributed by atoms with Gasteiger partial charge in [-0.1, -0.05) is 6.07 Å². The number of carbonyl (C=O) groups excluding carboxylic acids is 1. The molecular formula is C14H19FN2O3. The fraction of sp³-hybridized carbons (Fsp3) is 0.500. The molecule has 1 fully saturated rings. The number of ether oxygens (including phenoxy) is 2. The van der Waals surface area contributed by atoms with Crippen LogP contribution in [0, 0.1) is 5.82 Å². The van der Waals surface area contributed by atoms with E-state index < -0.39 is 5.82 Å². The summed E-state index contributed by atoms with van der Waals surface area (Å²) in [6.45, 7) is 0.876. The molecule has 0 aliphatic carbocycles. The lowest BCUT2D eigenvalue weighted by Crippen LogP contribution is -2.30. The van der Waals surface area contributed by atoms with Crippen LogP contribution in [0.3, 0.4) is 0 Å². The topological polar surface area (TPSA) is 50.8 Å². The Morgan fingerprint density at radius 3 is 2.40 bits per heavy atom. The minimum absolute atomic E-state index is 0.157. The van der Waals surface area contributed by atoms with E-state index in [0.717, 1.165) is 0 Å². The first-order chi connectivity index (χ1) is 9.62. The van der Waals surface area contributed by atoms with E-state index in [2.05, 4.69) is 5.32 Å². The van der Waals surface area contributed by atoms with Crippen LogP contribution in [0.4, 0.5) is 10.1 Å². The van der Waals surface area contributed by atoms with Crippen molar-refractivity contribution in [3.05, 3.63) is 29.6 Å². The molecule has 0 bridgehead atoms. The fourth-order valence-corrected chi connectivity index (χ4v) is 2.49. The highest BCUT2D eigenvalue weighted by molar-refractivity contribution is 5.99. The Morgan fingerprint density at radius 1 is 1.30 bits per heavy atom. The summed E-state index contributed by atoms with van der Waals surface area (Å²) in [6.07, 6.45) is -0.314. The Hall–Kier alpha value is -1.66. The number of hydrogen-bond donors (Lipinski definition) is 1. The summed E-state index contributed by atoms with van der Waals surface area (Å²) in [4.78, 5) is 14.1. The standard InChI is InChI=1S/C14H19FN2O3/c1-16-13-9(5-4-6-10(13)15)14(18)17-7-11(19-2)12(8-17)20-3/h4-6,11-12,16H,7-8H2,1-3H3. The molecule has 1 heterocycles. The molecule has 2 rings (SSSR count). The van der Waals surface area contributed by atoms with Gasteiger partial charge in [0, 0.05) is 34.4 Å². The molecule has 1 aromatic carbocycles. The van der Waals surface area contributed by atoms with E-state index in [1.807, 2.05) is 0 Å². The van der Waals surface area contributed by atoms with Crippen molar-refractivity contribution in [2.24, 2.45) is 0 Å². The van der Waals surface area contributed by atoms with Gasteiger partial charge in [0.05, 0.1) is 11.3 Å². The van der Waals surface area contributed by atoms with Crippen molar-refractivity contribution in [1.82, 2.24) is 4.90 Å². The van der Waals surface area contributed by atoms with Gasteiger partial charge in [0.15, 0.2) is 0 Å². The first-order valence-corrected chi connectivity index (χ1v) is 6.43. The maximum absolute atomic E-state index is 13.7. The van der Waals surface area contributed by atoms with Crippen LogP contribution in [-0.4, -0.2) is 57.4 Å². The zero-order chi connectivity index (χ0) is 14.7. The predicted molar refractivity (Wildman–Crippen MR) is 73.4 cm³/mol. The van der Waals surface area contributed by atoms with Crippen molar-refractivity contribution in [2.75, 3.05) is 39.7 Å². The number of para-hydroxylation sites is 1. The number of likely N-dealkylation sites (tertiary alicyclic amines) is 1.